The van der Waals surface area contributed by atoms with Crippen LogP contribution in [0.5, 0.6) is 5.75 Å². The monoisotopic (exact) mass is 231 g/mol. The van der Waals surface area contributed by atoms with Crippen LogP contribution in [0.15, 0.2) is 18.2 Å². The summed E-state index contributed by atoms with van der Waals surface area (Å²) in [5.74, 6) is 1.36. The molecule has 0 amide bonds. The lowest BCUT2D eigenvalue weighted by Crippen LogP contribution is -2.13. The summed E-state index contributed by atoms with van der Waals surface area (Å²) in [5.41, 5.74) is 2.04. The predicted molar refractivity (Wildman–Crippen MR) is 70.2 cm³/mol. The summed E-state index contributed by atoms with van der Waals surface area (Å²) in [4.78, 5) is 0. The molecule has 0 saturated carbocycles. The minimum absolute atomic E-state index is 0.358. The zero-order chi connectivity index (χ0) is 13.1. The highest BCUT2D eigenvalue weighted by molar-refractivity contribution is 5.39. The Bertz CT molecular complexity index is 427. The fourth-order valence-electron chi connectivity index (χ4n) is 1.81. The van der Waals surface area contributed by atoms with Gasteiger partial charge in [-0.15, -0.1) is 0 Å². The summed E-state index contributed by atoms with van der Waals surface area (Å²) < 4.78 is 5.36. The van der Waals surface area contributed by atoms with E-state index in [-0.39, 0.29) is 5.41 Å². The fourth-order valence-corrected chi connectivity index (χ4v) is 1.81. The molecule has 0 radical (unpaired) electrons. The van der Waals surface area contributed by atoms with E-state index < -0.39 is 0 Å². The molecule has 0 aliphatic carbocycles. The predicted octanol–water partition coefficient (Wildman–Crippen LogP) is 3.91. The summed E-state index contributed by atoms with van der Waals surface area (Å²) in [6, 6.07) is 8.58. The van der Waals surface area contributed by atoms with E-state index in [1.165, 1.54) is 5.56 Å². The first-order valence-corrected chi connectivity index (χ1v) is 5.97. The lowest BCUT2D eigenvalue weighted by Gasteiger charge is -2.19. The van der Waals surface area contributed by atoms with Crippen molar-refractivity contribution in [2.45, 2.75) is 40.0 Å². The van der Waals surface area contributed by atoms with Gasteiger partial charge in [-0.05, 0) is 43.4 Å². The normalized spacial score (nSPS) is 11.4. The zero-order valence-electron chi connectivity index (χ0n) is 11.4. The molecule has 1 aromatic rings. The van der Waals surface area contributed by atoms with Crippen molar-refractivity contribution >= 4 is 0 Å². The number of nitrogens with zero attached hydrogens (tertiary/aromatic N) is 1. The molecule has 0 fully saturated rings. The molecular weight excluding hydrogens is 210 g/mol. The van der Waals surface area contributed by atoms with Crippen molar-refractivity contribution in [2.75, 3.05) is 7.11 Å². The van der Waals surface area contributed by atoms with Crippen LogP contribution in [0.1, 0.15) is 44.7 Å². The van der Waals surface area contributed by atoms with Crippen molar-refractivity contribution in [3.63, 3.8) is 0 Å². The molecule has 1 rings (SSSR count). The molecule has 0 N–H and O–H groups in total. The van der Waals surface area contributed by atoms with Crippen LogP contribution < -0.4 is 4.74 Å². The molecule has 0 aliphatic rings. The maximum absolute atomic E-state index is 9.11. The molecule has 0 spiro atoms. The molecular formula is C15H21NO. The van der Waals surface area contributed by atoms with Crippen LogP contribution in [-0.4, -0.2) is 7.11 Å². The maximum Gasteiger partial charge on any atom is 0.122 e. The Morgan fingerprint density at radius 2 is 2.00 bits per heavy atom. The van der Waals surface area contributed by atoms with Crippen LogP contribution in [0, 0.1) is 16.7 Å². The second-order valence-corrected chi connectivity index (χ2v) is 5.40. The average molecular weight is 231 g/mol. The summed E-state index contributed by atoms with van der Waals surface area (Å²) in [6.45, 7) is 8.24. The molecule has 0 unspecified atom stereocenters. The highest BCUT2D eigenvalue weighted by atomic mass is 16.5. The van der Waals surface area contributed by atoms with Crippen molar-refractivity contribution in [3.8, 4) is 11.8 Å². The number of nitriles is 1. The number of benzene rings is 1. The minimum Gasteiger partial charge on any atom is -0.496 e. The molecule has 0 aromatic heterocycles. The molecule has 0 bridgehead atoms. The van der Waals surface area contributed by atoms with E-state index in [9.17, 15) is 0 Å². The Labute approximate surface area is 104 Å². The number of ether oxygens (including phenoxy) is 1. The van der Waals surface area contributed by atoms with Gasteiger partial charge in [0.05, 0.1) is 18.6 Å². The summed E-state index contributed by atoms with van der Waals surface area (Å²) in [6.07, 6.45) is 0.716. The Morgan fingerprint density at radius 3 is 2.47 bits per heavy atom. The topological polar surface area (TPSA) is 33.0 Å². The van der Waals surface area contributed by atoms with E-state index in [0.29, 0.717) is 12.3 Å². The largest absolute Gasteiger partial charge is 0.496 e. The van der Waals surface area contributed by atoms with Gasteiger partial charge in [-0.1, -0.05) is 26.0 Å². The first kappa shape index (κ1) is 13.6. The third kappa shape index (κ3) is 3.49. The Morgan fingerprint density at radius 1 is 1.35 bits per heavy atom. The van der Waals surface area contributed by atoms with Crippen LogP contribution in [0.4, 0.5) is 0 Å². The van der Waals surface area contributed by atoms with Crippen molar-refractivity contribution < 1.29 is 4.74 Å². The molecule has 17 heavy (non-hydrogen) atoms. The van der Waals surface area contributed by atoms with E-state index in [1.807, 2.05) is 19.9 Å². The minimum atomic E-state index is -0.358. The first-order chi connectivity index (χ1) is 7.89. The van der Waals surface area contributed by atoms with Gasteiger partial charge in [-0.3, -0.25) is 0 Å². The Hall–Kier alpha value is -1.49. The van der Waals surface area contributed by atoms with Crippen molar-refractivity contribution in [3.05, 3.63) is 29.3 Å². The average Bonchev–Trinajstić information content (AvgIpc) is 2.28. The van der Waals surface area contributed by atoms with Crippen LogP contribution in [0.25, 0.3) is 0 Å². The third-order valence-electron chi connectivity index (χ3n) is 2.91. The fraction of sp³-hybridized carbons (Fsp3) is 0.533. The quantitative estimate of drug-likeness (QED) is 0.787. The SMILES string of the molecule is COc1ccc(C(C)C)cc1CC(C)(C)C#N. The van der Waals surface area contributed by atoms with E-state index in [4.69, 9.17) is 10.00 Å². The molecule has 1 aromatic carbocycles. The third-order valence-corrected chi connectivity index (χ3v) is 2.91. The summed E-state index contributed by atoms with van der Waals surface area (Å²) in [7, 11) is 1.67. The molecule has 2 nitrogen and oxygen atoms in total. The van der Waals surface area contributed by atoms with Crippen LogP contribution in [0.3, 0.4) is 0 Å². The molecule has 0 saturated heterocycles. The van der Waals surface area contributed by atoms with E-state index in [0.717, 1.165) is 11.3 Å². The number of methoxy groups -OCH3 is 1. The van der Waals surface area contributed by atoms with Gasteiger partial charge in [-0.25, -0.2) is 0 Å². The molecule has 92 valence electrons. The molecule has 0 heterocycles. The van der Waals surface area contributed by atoms with Gasteiger partial charge >= 0.3 is 0 Å². The van der Waals surface area contributed by atoms with Crippen molar-refractivity contribution in [2.24, 2.45) is 5.41 Å². The second kappa shape index (κ2) is 5.23. The van der Waals surface area contributed by atoms with Crippen LogP contribution >= 0.6 is 0 Å². The number of hydrogen-bond acceptors (Lipinski definition) is 2. The lowest BCUT2D eigenvalue weighted by molar-refractivity contribution is 0.399. The van der Waals surface area contributed by atoms with E-state index in [2.05, 4.69) is 32.0 Å². The van der Waals surface area contributed by atoms with Gasteiger partial charge in [0.1, 0.15) is 5.75 Å². The zero-order valence-corrected chi connectivity index (χ0v) is 11.4. The van der Waals surface area contributed by atoms with Gasteiger partial charge in [0, 0.05) is 0 Å². The Balaban J connectivity index is 3.11. The van der Waals surface area contributed by atoms with Crippen LogP contribution in [0.2, 0.25) is 0 Å². The number of hydrogen-bond donors (Lipinski definition) is 0. The molecule has 0 aliphatic heterocycles. The molecule has 0 atom stereocenters. The van der Waals surface area contributed by atoms with Gasteiger partial charge in [0.2, 0.25) is 0 Å². The van der Waals surface area contributed by atoms with Gasteiger partial charge < -0.3 is 4.74 Å². The Kier molecular flexibility index (Phi) is 4.17. The van der Waals surface area contributed by atoms with E-state index in [1.54, 1.807) is 7.11 Å². The van der Waals surface area contributed by atoms with Gasteiger partial charge in [0.15, 0.2) is 0 Å². The highest BCUT2D eigenvalue weighted by Gasteiger charge is 2.20. The summed E-state index contributed by atoms with van der Waals surface area (Å²) in [5, 5.41) is 9.11. The summed E-state index contributed by atoms with van der Waals surface area (Å²) >= 11 is 0. The lowest BCUT2D eigenvalue weighted by atomic mass is 9.86. The standard InChI is InChI=1S/C15H21NO/c1-11(2)12-6-7-14(17-5)13(8-12)9-15(3,4)10-16/h6-8,11H,9H2,1-5H3. The number of rotatable bonds is 4. The van der Waals surface area contributed by atoms with Gasteiger partial charge in [0.25, 0.3) is 0 Å². The maximum atomic E-state index is 9.11. The van der Waals surface area contributed by atoms with E-state index >= 15 is 0 Å². The van der Waals surface area contributed by atoms with Crippen molar-refractivity contribution in [1.82, 2.24) is 0 Å². The smallest absolute Gasteiger partial charge is 0.122 e. The highest BCUT2D eigenvalue weighted by Crippen LogP contribution is 2.30. The molecule has 2 heteroatoms. The second-order valence-electron chi connectivity index (χ2n) is 5.40. The van der Waals surface area contributed by atoms with Crippen LogP contribution in [-0.2, 0) is 6.42 Å². The first-order valence-electron chi connectivity index (χ1n) is 5.97. The van der Waals surface area contributed by atoms with Gasteiger partial charge in [-0.2, -0.15) is 5.26 Å². The van der Waals surface area contributed by atoms with Crippen molar-refractivity contribution in [1.29, 1.82) is 5.26 Å².